The van der Waals surface area contributed by atoms with E-state index in [0.717, 1.165) is 12.2 Å². The molecular weight excluding hydrogens is 396 g/mol. The lowest BCUT2D eigenvalue weighted by Gasteiger charge is -2.33. The summed E-state index contributed by atoms with van der Waals surface area (Å²) in [5.74, 6) is -8.41. The fourth-order valence-corrected chi connectivity index (χ4v) is 2.12. The molecule has 12 nitrogen and oxygen atoms in total. The Morgan fingerprint density at radius 2 is 1.17 bits per heavy atom. The molecule has 0 aromatic carbocycles. The lowest BCUT2D eigenvalue weighted by atomic mass is 10.2. The molecule has 0 bridgehead atoms. The second kappa shape index (κ2) is 8.87. The molecule has 1 fully saturated rings. The van der Waals surface area contributed by atoms with Gasteiger partial charge in [0.2, 0.25) is 0 Å². The van der Waals surface area contributed by atoms with E-state index in [9.17, 15) is 19.5 Å². The van der Waals surface area contributed by atoms with Crippen LogP contribution in [0.25, 0.3) is 0 Å². The Bertz CT molecular complexity index is 773. The zero-order chi connectivity index (χ0) is 21.7. The molecule has 0 amide bonds. The van der Waals surface area contributed by atoms with Gasteiger partial charge in [-0.2, -0.15) is 0 Å². The molecule has 0 aromatic heterocycles. The number of ether oxygens (including phenoxy) is 4. The minimum Gasteiger partial charge on any atom is -0.480 e. The van der Waals surface area contributed by atoms with Gasteiger partial charge < -0.3 is 44.5 Å². The van der Waals surface area contributed by atoms with Gasteiger partial charge in [-0.1, -0.05) is 18.2 Å². The third kappa shape index (κ3) is 4.63. The van der Waals surface area contributed by atoms with Crippen molar-refractivity contribution in [2.45, 2.75) is 11.6 Å². The average Bonchev–Trinajstić information content (AvgIpc) is 2.70. The van der Waals surface area contributed by atoms with Crippen LogP contribution in [0.1, 0.15) is 0 Å². The predicted octanol–water partition coefficient (Wildman–Crippen LogP) is -2.17. The van der Waals surface area contributed by atoms with E-state index in [4.69, 9.17) is 39.4 Å². The van der Waals surface area contributed by atoms with Crippen molar-refractivity contribution in [1.82, 2.24) is 0 Å². The van der Waals surface area contributed by atoms with Gasteiger partial charge in [0.15, 0.2) is 0 Å². The van der Waals surface area contributed by atoms with Gasteiger partial charge in [0.25, 0.3) is 5.95 Å². The molecule has 1 saturated heterocycles. The van der Waals surface area contributed by atoms with Crippen LogP contribution in [0, 0.1) is 0 Å². The number of hydrogen-bond acceptors (Lipinski definition) is 12. The minimum atomic E-state index is -2.14. The first-order valence-electron chi connectivity index (χ1n) is 8.06. The largest absolute Gasteiger partial charge is 0.480 e. The second-order valence-electron chi connectivity index (χ2n) is 5.77. The van der Waals surface area contributed by atoms with Crippen LogP contribution in [0.4, 0.5) is 0 Å². The molecular formula is C17H18O12. The molecule has 158 valence electrons. The standard InChI is InChI=1S/C17H18O12/c18-6-16(7-19)26-12(22)10(13(23)27-16)4-2-1-3-5-11-14(24)28-17(8-20,9-21)29-15(11)25/h1-5,18-22H,6-9H2. The maximum absolute atomic E-state index is 11.9. The lowest BCUT2D eigenvalue weighted by Crippen LogP contribution is -2.51. The third-order valence-corrected chi connectivity index (χ3v) is 3.72. The summed E-state index contributed by atoms with van der Waals surface area (Å²) in [7, 11) is 0. The van der Waals surface area contributed by atoms with E-state index < -0.39 is 73.0 Å². The van der Waals surface area contributed by atoms with E-state index in [1.165, 1.54) is 18.2 Å². The van der Waals surface area contributed by atoms with E-state index in [-0.39, 0.29) is 0 Å². The highest BCUT2D eigenvalue weighted by molar-refractivity contribution is 6.15. The van der Waals surface area contributed by atoms with Gasteiger partial charge >= 0.3 is 29.5 Å². The highest BCUT2D eigenvalue weighted by Gasteiger charge is 2.45. The number of aliphatic hydroxyl groups is 5. The van der Waals surface area contributed by atoms with Gasteiger partial charge in [0, 0.05) is 0 Å². The van der Waals surface area contributed by atoms with Crippen LogP contribution < -0.4 is 0 Å². The van der Waals surface area contributed by atoms with Gasteiger partial charge in [-0.25, -0.2) is 14.4 Å². The van der Waals surface area contributed by atoms with Gasteiger partial charge in [-0.05, 0) is 12.2 Å². The van der Waals surface area contributed by atoms with Crippen LogP contribution in [0.5, 0.6) is 0 Å². The smallest absolute Gasteiger partial charge is 0.349 e. The molecule has 2 aliphatic rings. The van der Waals surface area contributed by atoms with Crippen LogP contribution >= 0.6 is 0 Å². The third-order valence-electron chi connectivity index (χ3n) is 3.72. The van der Waals surface area contributed by atoms with E-state index in [0.29, 0.717) is 0 Å². The van der Waals surface area contributed by atoms with Crippen molar-refractivity contribution in [2.24, 2.45) is 0 Å². The lowest BCUT2D eigenvalue weighted by molar-refractivity contribution is -0.264. The number of hydrogen-bond donors (Lipinski definition) is 5. The SMILES string of the molecule is O=C1OC(CO)(CO)OC(=O)C1=CC=CC=CC1=C(O)OC(CO)(CO)OC1=O. The van der Waals surface area contributed by atoms with Crippen LogP contribution in [0.15, 0.2) is 47.5 Å². The van der Waals surface area contributed by atoms with Crippen molar-refractivity contribution in [3.05, 3.63) is 47.5 Å². The fraction of sp³-hybridized carbons (Fsp3) is 0.353. The first-order chi connectivity index (χ1) is 13.7. The molecule has 29 heavy (non-hydrogen) atoms. The molecule has 0 atom stereocenters. The molecule has 0 radical (unpaired) electrons. The first kappa shape index (κ1) is 22.1. The Hall–Kier alpha value is -3.19. The van der Waals surface area contributed by atoms with Crippen molar-refractivity contribution in [3.8, 4) is 0 Å². The van der Waals surface area contributed by atoms with Crippen LogP contribution in [-0.2, 0) is 33.3 Å². The fourth-order valence-electron chi connectivity index (χ4n) is 2.12. The van der Waals surface area contributed by atoms with E-state index in [1.807, 2.05) is 0 Å². The summed E-state index contributed by atoms with van der Waals surface area (Å²) < 4.78 is 19.0. The number of esters is 3. The molecule has 0 saturated carbocycles. The predicted molar refractivity (Wildman–Crippen MR) is 89.2 cm³/mol. The van der Waals surface area contributed by atoms with Gasteiger partial charge in [0.05, 0.1) is 0 Å². The molecule has 2 rings (SSSR count). The van der Waals surface area contributed by atoms with Crippen molar-refractivity contribution in [1.29, 1.82) is 0 Å². The van der Waals surface area contributed by atoms with Gasteiger partial charge in [0.1, 0.15) is 37.6 Å². The number of rotatable bonds is 7. The molecule has 5 N–H and O–H groups in total. The summed E-state index contributed by atoms with van der Waals surface area (Å²) in [6, 6.07) is 0. The highest BCUT2D eigenvalue weighted by atomic mass is 16.8. The molecule has 0 spiro atoms. The quantitative estimate of drug-likeness (QED) is 0.131. The summed E-state index contributed by atoms with van der Waals surface area (Å²) in [5, 5.41) is 46.1. The summed E-state index contributed by atoms with van der Waals surface area (Å²) in [6.07, 6.45) is 5.80. The normalized spacial score (nSPS) is 21.1. The number of carbonyl (C=O) groups is 3. The zero-order valence-corrected chi connectivity index (χ0v) is 14.8. The summed E-state index contributed by atoms with van der Waals surface area (Å²) in [4.78, 5) is 35.5. The summed E-state index contributed by atoms with van der Waals surface area (Å²) >= 11 is 0. The molecule has 2 aliphatic heterocycles. The zero-order valence-electron chi connectivity index (χ0n) is 14.8. The number of carbonyl (C=O) groups excluding carboxylic acids is 3. The van der Waals surface area contributed by atoms with E-state index in [1.54, 1.807) is 0 Å². The van der Waals surface area contributed by atoms with Crippen molar-refractivity contribution in [3.63, 3.8) is 0 Å². The number of aliphatic hydroxyl groups excluding tert-OH is 5. The average molecular weight is 414 g/mol. The van der Waals surface area contributed by atoms with Gasteiger partial charge in [-0.3, -0.25) is 0 Å². The second-order valence-corrected chi connectivity index (χ2v) is 5.77. The van der Waals surface area contributed by atoms with E-state index in [2.05, 4.69) is 0 Å². The Balaban J connectivity index is 2.08. The van der Waals surface area contributed by atoms with Crippen LogP contribution in [0.3, 0.4) is 0 Å². The van der Waals surface area contributed by atoms with Crippen molar-refractivity contribution < 1.29 is 58.9 Å². The van der Waals surface area contributed by atoms with E-state index >= 15 is 0 Å². The maximum Gasteiger partial charge on any atom is 0.349 e. The van der Waals surface area contributed by atoms with Crippen molar-refractivity contribution >= 4 is 17.9 Å². The molecule has 0 unspecified atom stereocenters. The Morgan fingerprint density at radius 1 is 0.690 bits per heavy atom. The van der Waals surface area contributed by atoms with Crippen molar-refractivity contribution in [2.75, 3.05) is 26.4 Å². The van der Waals surface area contributed by atoms with Crippen LogP contribution in [0.2, 0.25) is 0 Å². The topological polar surface area (TPSA) is 189 Å². The molecule has 0 aromatic rings. The Morgan fingerprint density at radius 3 is 1.66 bits per heavy atom. The molecule has 12 heteroatoms. The summed E-state index contributed by atoms with van der Waals surface area (Å²) in [6.45, 7) is -3.61. The number of cyclic esters (lactones) is 3. The number of allylic oxidation sites excluding steroid dienone is 4. The van der Waals surface area contributed by atoms with Crippen LogP contribution in [-0.4, -0.2) is 81.4 Å². The highest BCUT2D eigenvalue weighted by Crippen LogP contribution is 2.26. The maximum atomic E-state index is 11.9. The Labute approximate surface area is 163 Å². The summed E-state index contributed by atoms with van der Waals surface area (Å²) in [5.41, 5.74) is -0.919. The van der Waals surface area contributed by atoms with Gasteiger partial charge in [-0.15, -0.1) is 0 Å². The Kier molecular flexibility index (Phi) is 6.76. The molecule has 2 heterocycles. The monoisotopic (exact) mass is 414 g/mol. The molecule has 0 aliphatic carbocycles. The minimum absolute atomic E-state index is 0.410. The first-order valence-corrected chi connectivity index (χ1v) is 8.06.